The number of nitrogens with zero attached hydrogens (tertiary/aromatic N) is 2. The minimum Gasteiger partial charge on any atom is -0.228 e. The summed E-state index contributed by atoms with van der Waals surface area (Å²) in [6.07, 6.45) is 0.978. The first-order valence-electron chi connectivity index (χ1n) is 5.88. The average Bonchev–Trinajstić information content (AvgIpc) is 2.85. The average molecular weight is 354 g/mol. The monoisotopic (exact) mass is 352 g/mol. The number of hydrogen-bond donors (Lipinski definition) is 0. The van der Waals surface area contributed by atoms with Crippen LogP contribution in [0.25, 0.3) is 22.3 Å². The number of benzene rings is 1. The Morgan fingerprint density at radius 3 is 2.79 bits per heavy atom. The van der Waals surface area contributed by atoms with E-state index in [4.69, 9.17) is 11.6 Å². The Labute approximate surface area is 128 Å². The van der Waals surface area contributed by atoms with Gasteiger partial charge in [-0.1, -0.05) is 24.6 Å². The van der Waals surface area contributed by atoms with Crippen LogP contribution in [0.4, 0.5) is 0 Å². The minimum absolute atomic E-state index is 0.512. The molecular weight excluding hydrogens is 344 g/mol. The molecule has 0 bridgehead atoms. The van der Waals surface area contributed by atoms with Gasteiger partial charge in [0.2, 0.25) is 0 Å². The molecule has 3 rings (SSSR count). The van der Waals surface area contributed by atoms with Gasteiger partial charge in [-0.2, -0.15) is 0 Å². The van der Waals surface area contributed by atoms with Crippen molar-refractivity contribution in [2.75, 3.05) is 0 Å². The highest BCUT2D eigenvalue weighted by atomic mass is 79.9. The molecule has 0 aliphatic heterocycles. The van der Waals surface area contributed by atoms with Gasteiger partial charge in [-0.15, -0.1) is 11.3 Å². The lowest BCUT2D eigenvalue weighted by Gasteiger charge is -2.05. The lowest BCUT2D eigenvalue weighted by molar-refractivity contribution is 1.14. The number of hydrogen-bond acceptors (Lipinski definition) is 3. The van der Waals surface area contributed by atoms with E-state index in [9.17, 15) is 0 Å². The Morgan fingerprint density at radius 2 is 2.11 bits per heavy atom. The van der Waals surface area contributed by atoms with E-state index in [2.05, 4.69) is 45.0 Å². The summed E-state index contributed by atoms with van der Waals surface area (Å²) in [6.45, 7) is 2.12. The molecule has 2 heterocycles. The van der Waals surface area contributed by atoms with Crippen LogP contribution in [0, 0.1) is 0 Å². The molecule has 0 aliphatic rings. The predicted molar refractivity (Wildman–Crippen MR) is 84.9 cm³/mol. The van der Waals surface area contributed by atoms with E-state index >= 15 is 0 Å². The third kappa shape index (κ3) is 2.53. The smallest absolute Gasteiger partial charge is 0.162 e. The minimum atomic E-state index is 0.512. The molecule has 0 amide bonds. The summed E-state index contributed by atoms with van der Waals surface area (Å²) >= 11 is 11.3. The molecule has 0 atom stereocenters. The molecule has 1 aromatic carbocycles. The maximum atomic E-state index is 6.29. The number of aromatic nitrogens is 2. The van der Waals surface area contributed by atoms with E-state index in [-0.39, 0.29) is 0 Å². The van der Waals surface area contributed by atoms with Gasteiger partial charge in [0.15, 0.2) is 5.82 Å². The Balaban J connectivity index is 2.19. The first-order valence-corrected chi connectivity index (χ1v) is 7.93. The number of fused-ring (bicyclic) bond motifs is 1. The van der Waals surface area contributed by atoms with Crippen LogP contribution in [0.15, 0.2) is 33.4 Å². The Hall–Kier alpha value is -0.970. The van der Waals surface area contributed by atoms with Crippen LogP contribution in [0.3, 0.4) is 0 Å². The Morgan fingerprint density at radius 1 is 1.26 bits per heavy atom. The molecule has 0 saturated carbocycles. The lowest BCUT2D eigenvalue weighted by atomic mass is 10.1. The van der Waals surface area contributed by atoms with Gasteiger partial charge in [0.05, 0.1) is 9.30 Å². The van der Waals surface area contributed by atoms with Crippen molar-refractivity contribution < 1.29 is 0 Å². The Kier molecular flexibility index (Phi) is 3.56. The highest BCUT2D eigenvalue weighted by Gasteiger charge is 2.09. The molecule has 19 heavy (non-hydrogen) atoms. The normalized spacial score (nSPS) is 11.1. The van der Waals surface area contributed by atoms with Crippen LogP contribution >= 0.6 is 38.9 Å². The molecule has 96 valence electrons. The second-order valence-electron chi connectivity index (χ2n) is 4.18. The zero-order valence-corrected chi connectivity index (χ0v) is 13.3. The highest BCUT2D eigenvalue weighted by molar-refractivity contribution is 9.11. The molecular formula is C14H10BrClN2S. The third-order valence-electron chi connectivity index (χ3n) is 2.95. The van der Waals surface area contributed by atoms with Gasteiger partial charge in [-0.05, 0) is 46.1 Å². The zero-order chi connectivity index (χ0) is 13.4. The number of halogens is 2. The molecule has 0 fully saturated rings. The van der Waals surface area contributed by atoms with E-state index in [0.29, 0.717) is 11.0 Å². The number of aryl methyl sites for hydroxylation is 1. The molecule has 0 radical (unpaired) electrons. The molecule has 2 nitrogen and oxygen atoms in total. The van der Waals surface area contributed by atoms with Gasteiger partial charge in [0, 0.05) is 16.3 Å². The number of rotatable bonds is 2. The molecule has 0 saturated heterocycles. The molecule has 2 aromatic heterocycles. The highest BCUT2D eigenvalue weighted by Crippen LogP contribution is 2.30. The van der Waals surface area contributed by atoms with Crippen molar-refractivity contribution in [1.29, 1.82) is 0 Å². The van der Waals surface area contributed by atoms with Gasteiger partial charge in [-0.25, -0.2) is 9.97 Å². The summed E-state index contributed by atoms with van der Waals surface area (Å²) in [5.74, 6) is 0.670. The van der Waals surface area contributed by atoms with Gasteiger partial charge in [0.1, 0.15) is 5.15 Å². The Bertz CT molecular complexity index is 754. The molecule has 3 aromatic rings. The van der Waals surface area contributed by atoms with Crippen molar-refractivity contribution in [3.63, 3.8) is 0 Å². The summed E-state index contributed by atoms with van der Waals surface area (Å²) < 4.78 is 1.06. The van der Waals surface area contributed by atoms with Crippen LogP contribution in [-0.2, 0) is 6.42 Å². The van der Waals surface area contributed by atoms with Gasteiger partial charge in [-0.3, -0.25) is 0 Å². The SMILES string of the molecule is CCc1ccc2nc(-c3csc(Br)c3)nc(Cl)c2c1. The van der Waals surface area contributed by atoms with Crippen LogP contribution in [0.1, 0.15) is 12.5 Å². The quantitative estimate of drug-likeness (QED) is 0.581. The maximum Gasteiger partial charge on any atom is 0.162 e. The topological polar surface area (TPSA) is 25.8 Å². The second-order valence-corrected chi connectivity index (χ2v) is 6.83. The van der Waals surface area contributed by atoms with Gasteiger partial charge < -0.3 is 0 Å². The van der Waals surface area contributed by atoms with Crippen LogP contribution in [0.5, 0.6) is 0 Å². The zero-order valence-electron chi connectivity index (χ0n) is 10.2. The van der Waals surface area contributed by atoms with E-state index in [1.54, 1.807) is 11.3 Å². The fraction of sp³-hybridized carbons (Fsp3) is 0.143. The summed E-state index contributed by atoms with van der Waals surface area (Å²) in [5, 5.41) is 3.44. The third-order valence-corrected chi connectivity index (χ3v) is 4.74. The van der Waals surface area contributed by atoms with Crippen molar-refractivity contribution in [3.8, 4) is 11.4 Å². The molecule has 5 heteroatoms. The van der Waals surface area contributed by atoms with Gasteiger partial charge in [0.25, 0.3) is 0 Å². The lowest BCUT2D eigenvalue weighted by Crippen LogP contribution is -1.92. The van der Waals surface area contributed by atoms with Crippen LogP contribution in [-0.4, -0.2) is 9.97 Å². The van der Waals surface area contributed by atoms with E-state index in [1.165, 1.54) is 5.56 Å². The fourth-order valence-electron chi connectivity index (χ4n) is 1.91. The van der Waals surface area contributed by atoms with E-state index < -0.39 is 0 Å². The van der Waals surface area contributed by atoms with Crippen molar-refractivity contribution in [1.82, 2.24) is 9.97 Å². The first-order chi connectivity index (χ1) is 9.17. The summed E-state index contributed by atoms with van der Waals surface area (Å²) in [5.41, 5.74) is 3.11. The van der Waals surface area contributed by atoms with Crippen LogP contribution < -0.4 is 0 Å². The van der Waals surface area contributed by atoms with Crippen molar-refractivity contribution in [2.24, 2.45) is 0 Å². The van der Waals surface area contributed by atoms with Crippen molar-refractivity contribution in [2.45, 2.75) is 13.3 Å². The second kappa shape index (κ2) is 5.19. The molecule has 0 spiro atoms. The summed E-state index contributed by atoms with van der Waals surface area (Å²) in [7, 11) is 0. The summed E-state index contributed by atoms with van der Waals surface area (Å²) in [6, 6.07) is 8.15. The van der Waals surface area contributed by atoms with Crippen LogP contribution in [0.2, 0.25) is 5.15 Å². The van der Waals surface area contributed by atoms with Crippen molar-refractivity contribution in [3.05, 3.63) is 44.1 Å². The number of thiophene rings is 1. The fourth-order valence-corrected chi connectivity index (χ4v) is 3.28. The van der Waals surface area contributed by atoms with E-state index in [0.717, 1.165) is 26.7 Å². The maximum absolute atomic E-state index is 6.29. The standard InChI is InChI=1S/C14H10BrClN2S/c1-2-8-3-4-11-10(5-8)13(16)18-14(17-11)9-6-12(15)19-7-9/h3-7H,2H2,1H3. The largest absolute Gasteiger partial charge is 0.228 e. The van der Waals surface area contributed by atoms with Crippen molar-refractivity contribution >= 4 is 49.8 Å². The first kappa shape index (κ1) is 13.0. The molecule has 0 unspecified atom stereocenters. The predicted octanol–water partition coefficient (Wildman–Crippen LogP) is 5.34. The summed E-state index contributed by atoms with van der Waals surface area (Å²) in [4.78, 5) is 8.99. The van der Waals surface area contributed by atoms with Gasteiger partial charge >= 0.3 is 0 Å². The molecule has 0 aliphatic carbocycles. The van der Waals surface area contributed by atoms with E-state index in [1.807, 2.05) is 17.5 Å². The molecule has 0 N–H and O–H groups in total.